The van der Waals surface area contributed by atoms with Gasteiger partial charge < -0.3 is 19.5 Å². The molecule has 0 unspecified atom stereocenters. The largest absolute Gasteiger partial charge is 0.484 e. The summed E-state index contributed by atoms with van der Waals surface area (Å²) >= 11 is 0. The Morgan fingerprint density at radius 3 is 2.35 bits per heavy atom. The number of halogens is 3. The summed E-state index contributed by atoms with van der Waals surface area (Å²) in [4.78, 5) is 24.7. The van der Waals surface area contributed by atoms with E-state index in [1.165, 1.54) is 4.90 Å². The minimum absolute atomic E-state index is 0.0508. The third kappa shape index (κ3) is 5.91. The van der Waals surface area contributed by atoms with Gasteiger partial charge in [0, 0.05) is 25.8 Å². The second kappa shape index (κ2) is 8.88. The Hall–Kier alpha value is -2.29. The summed E-state index contributed by atoms with van der Waals surface area (Å²) in [6.45, 7) is 0.653. The Morgan fingerprint density at radius 2 is 1.81 bits per heavy atom. The Bertz CT molecular complexity index is 612. The van der Waals surface area contributed by atoms with Gasteiger partial charge in [0.2, 0.25) is 0 Å². The van der Waals surface area contributed by atoms with Gasteiger partial charge in [-0.3, -0.25) is 9.59 Å². The van der Waals surface area contributed by atoms with E-state index in [9.17, 15) is 22.8 Å². The number of hydrogen-bond donors (Lipinski definition) is 1. The summed E-state index contributed by atoms with van der Waals surface area (Å²) < 4.78 is 48.1. The van der Waals surface area contributed by atoms with Crippen LogP contribution in [0.2, 0.25) is 0 Å². The van der Waals surface area contributed by atoms with E-state index in [2.05, 4.69) is 0 Å². The SMILES string of the molecule is O=C(O)CCN(C(=O)COc1ccc(C(F)(F)F)cc1)C1CCOCC1. The van der Waals surface area contributed by atoms with E-state index in [0.717, 1.165) is 24.3 Å². The van der Waals surface area contributed by atoms with Crippen molar-refractivity contribution in [2.75, 3.05) is 26.4 Å². The molecule has 1 N–H and O–H groups in total. The molecule has 1 heterocycles. The topological polar surface area (TPSA) is 76.1 Å². The average Bonchev–Trinajstić information content (AvgIpc) is 2.60. The second-order valence-electron chi connectivity index (χ2n) is 5.89. The molecular formula is C17H20F3NO5. The van der Waals surface area contributed by atoms with Crippen LogP contribution in [0.25, 0.3) is 0 Å². The van der Waals surface area contributed by atoms with E-state index in [0.29, 0.717) is 26.1 Å². The Morgan fingerprint density at radius 1 is 1.19 bits per heavy atom. The maximum absolute atomic E-state index is 12.5. The lowest BCUT2D eigenvalue weighted by Crippen LogP contribution is -2.46. The lowest BCUT2D eigenvalue weighted by molar-refractivity contribution is -0.141. The highest BCUT2D eigenvalue weighted by Crippen LogP contribution is 2.30. The number of benzene rings is 1. The molecule has 1 aliphatic heterocycles. The summed E-state index contributed by atoms with van der Waals surface area (Å²) in [5, 5.41) is 8.86. The highest BCUT2D eigenvalue weighted by molar-refractivity contribution is 5.79. The fraction of sp³-hybridized carbons (Fsp3) is 0.529. The maximum Gasteiger partial charge on any atom is 0.416 e. The molecule has 0 spiro atoms. The molecule has 0 aromatic heterocycles. The van der Waals surface area contributed by atoms with Gasteiger partial charge in [-0.05, 0) is 37.1 Å². The van der Waals surface area contributed by atoms with Gasteiger partial charge in [0.25, 0.3) is 5.91 Å². The van der Waals surface area contributed by atoms with Gasteiger partial charge in [0.15, 0.2) is 6.61 Å². The fourth-order valence-corrected chi connectivity index (χ4v) is 2.69. The monoisotopic (exact) mass is 375 g/mol. The summed E-state index contributed by atoms with van der Waals surface area (Å²) in [6.07, 6.45) is -3.42. The molecule has 9 heteroatoms. The molecular weight excluding hydrogens is 355 g/mol. The first kappa shape index (κ1) is 20.0. The normalized spacial score (nSPS) is 15.5. The Labute approximate surface area is 148 Å². The minimum Gasteiger partial charge on any atom is -0.484 e. The van der Waals surface area contributed by atoms with E-state index >= 15 is 0 Å². The van der Waals surface area contributed by atoms with Crippen molar-refractivity contribution in [3.8, 4) is 5.75 Å². The molecule has 1 aromatic carbocycles. The van der Waals surface area contributed by atoms with Crippen molar-refractivity contribution in [3.05, 3.63) is 29.8 Å². The quantitative estimate of drug-likeness (QED) is 0.793. The molecule has 0 atom stereocenters. The number of nitrogens with zero attached hydrogens (tertiary/aromatic N) is 1. The molecule has 0 saturated carbocycles. The first-order valence-corrected chi connectivity index (χ1v) is 8.16. The zero-order valence-corrected chi connectivity index (χ0v) is 14.0. The molecule has 0 bridgehead atoms. The molecule has 0 radical (unpaired) electrons. The zero-order valence-electron chi connectivity index (χ0n) is 14.0. The molecule has 1 fully saturated rings. The van der Waals surface area contributed by atoms with Crippen molar-refractivity contribution in [2.24, 2.45) is 0 Å². The molecule has 2 rings (SSSR count). The molecule has 0 aliphatic carbocycles. The number of aliphatic carboxylic acids is 1. The van der Waals surface area contributed by atoms with Crippen LogP contribution >= 0.6 is 0 Å². The minimum atomic E-state index is -4.44. The van der Waals surface area contributed by atoms with Crippen LogP contribution in [0.3, 0.4) is 0 Å². The van der Waals surface area contributed by atoms with Gasteiger partial charge in [-0.2, -0.15) is 13.2 Å². The lowest BCUT2D eigenvalue weighted by Gasteiger charge is -2.34. The smallest absolute Gasteiger partial charge is 0.416 e. The van der Waals surface area contributed by atoms with Crippen molar-refractivity contribution in [2.45, 2.75) is 31.5 Å². The number of carbonyl (C=O) groups is 2. The Balaban J connectivity index is 1.95. The molecule has 1 saturated heterocycles. The number of ether oxygens (including phenoxy) is 2. The van der Waals surface area contributed by atoms with Crippen molar-refractivity contribution < 1.29 is 37.3 Å². The number of hydrogen-bond acceptors (Lipinski definition) is 4. The number of rotatable bonds is 7. The van der Waals surface area contributed by atoms with Gasteiger partial charge in [0.1, 0.15) is 5.75 Å². The number of carboxylic acid groups (broad SMARTS) is 1. The van der Waals surface area contributed by atoms with Crippen LogP contribution in [-0.4, -0.2) is 54.3 Å². The number of carbonyl (C=O) groups excluding carboxylic acids is 1. The molecule has 6 nitrogen and oxygen atoms in total. The molecule has 1 amide bonds. The van der Waals surface area contributed by atoms with Crippen molar-refractivity contribution in [1.29, 1.82) is 0 Å². The second-order valence-corrected chi connectivity index (χ2v) is 5.89. The van der Waals surface area contributed by atoms with E-state index in [-0.39, 0.29) is 31.4 Å². The van der Waals surface area contributed by atoms with Crippen LogP contribution in [0.4, 0.5) is 13.2 Å². The first-order valence-electron chi connectivity index (χ1n) is 8.16. The third-order valence-corrected chi connectivity index (χ3v) is 4.06. The zero-order chi connectivity index (χ0) is 19.2. The van der Waals surface area contributed by atoms with Gasteiger partial charge in [-0.1, -0.05) is 0 Å². The Kier molecular flexibility index (Phi) is 6.84. The molecule has 1 aliphatic rings. The van der Waals surface area contributed by atoms with Gasteiger partial charge in [-0.15, -0.1) is 0 Å². The fourth-order valence-electron chi connectivity index (χ4n) is 2.69. The average molecular weight is 375 g/mol. The van der Waals surface area contributed by atoms with E-state index in [1.807, 2.05) is 0 Å². The first-order chi connectivity index (χ1) is 12.3. The van der Waals surface area contributed by atoms with Crippen LogP contribution in [-0.2, 0) is 20.5 Å². The van der Waals surface area contributed by atoms with Gasteiger partial charge in [0.05, 0.1) is 12.0 Å². The summed E-state index contributed by atoms with van der Waals surface area (Å²) in [6, 6.07) is 3.91. The number of amides is 1. The highest BCUT2D eigenvalue weighted by atomic mass is 19.4. The van der Waals surface area contributed by atoms with Crippen LogP contribution < -0.4 is 4.74 Å². The van der Waals surface area contributed by atoms with E-state index in [1.54, 1.807) is 0 Å². The predicted octanol–water partition coefficient (Wildman–Crippen LogP) is 2.57. The van der Waals surface area contributed by atoms with Crippen LogP contribution in [0.1, 0.15) is 24.8 Å². The summed E-state index contributed by atoms with van der Waals surface area (Å²) in [5.41, 5.74) is -0.804. The predicted molar refractivity (Wildman–Crippen MR) is 84.7 cm³/mol. The van der Waals surface area contributed by atoms with E-state index in [4.69, 9.17) is 14.6 Å². The maximum atomic E-state index is 12.5. The van der Waals surface area contributed by atoms with Gasteiger partial charge in [-0.25, -0.2) is 0 Å². The van der Waals surface area contributed by atoms with Crippen LogP contribution in [0.5, 0.6) is 5.75 Å². The van der Waals surface area contributed by atoms with Crippen molar-refractivity contribution in [3.63, 3.8) is 0 Å². The number of carboxylic acids is 1. The third-order valence-electron chi connectivity index (χ3n) is 4.06. The van der Waals surface area contributed by atoms with E-state index < -0.39 is 23.6 Å². The lowest BCUT2D eigenvalue weighted by atomic mass is 10.1. The van der Waals surface area contributed by atoms with Crippen LogP contribution in [0.15, 0.2) is 24.3 Å². The van der Waals surface area contributed by atoms with Crippen LogP contribution in [0, 0.1) is 0 Å². The summed E-state index contributed by atoms with van der Waals surface area (Å²) in [5.74, 6) is -1.28. The highest BCUT2D eigenvalue weighted by Gasteiger charge is 2.30. The number of alkyl halides is 3. The van der Waals surface area contributed by atoms with Crippen molar-refractivity contribution >= 4 is 11.9 Å². The van der Waals surface area contributed by atoms with Crippen molar-refractivity contribution in [1.82, 2.24) is 4.90 Å². The summed E-state index contributed by atoms with van der Waals surface area (Å²) in [7, 11) is 0. The molecule has 26 heavy (non-hydrogen) atoms. The molecule has 144 valence electrons. The molecule has 1 aromatic rings. The standard InChI is InChI=1S/C17H20F3NO5/c18-17(19,20)12-1-3-14(4-2-12)26-11-15(22)21(8-5-16(23)24)13-6-9-25-10-7-13/h1-4,13H,5-11H2,(H,23,24). The van der Waals surface area contributed by atoms with Gasteiger partial charge >= 0.3 is 12.1 Å².